The lowest BCUT2D eigenvalue weighted by molar-refractivity contribution is -0.154. The van der Waals surface area contributed by atoms with E-state index in [1.54, 1.807) is 0 Å². The van der Waals surface area contributed by atoms with Gasteiger partial charge in [0.1, 0.15) is 0 Å². The van der Waals surface area contributed by atoms with Gasteiger partial charge in [-0.2, -0.15) is 0 Å². The Balaban J connectivity index is 1.88. The summed E-state index contributed by atoms with van der Waals surface area (Å²) in [4.78, 5) is 25.7. The van der Waals surface area contributed by atoms with Gasteiger partial charge in [0.2, 0.25) is 0 Å². The Morgan fingerprint density at radius 1 is 1.33 bits per heavy atom. The third-order valence-corrected chi connectivity index (χ3v) is 4.44. The van der Waals surface area contributed by atoms with E-state index in [2.05, 4.69) is 5.32 Å². The maximum absolute atomic E-state index is 12.3. The van der Waals surface area contributed by atoms with Crippen LogP contribution in [-0.2, 0) is 9.53 Å². The van der Waals surface area contributed by atoms with Crippen LogP contribution in [-0.4, -0.2) is 54.9 Å². The minimum Gasteiger partial charge on any atom is -0.481 e. The summed E-state index contributed by atoms with van der Waals surface area (Å²) >= 11 is 0. The maximum Gasteiger partial charge on any atom is 0.317 e. The van der Waals surface area contributed by atoms with E-state index in [4.69, 9.17) is 4.74 Å². The highest BCUT2D eigenvalue weighted by atomic mass is 16.5. The fourth-order valence-electron chi connectivity index (χ4n) is 2.74. The van der Waals surface area contributed by atoms with Crippen LogP contribution in [0.4, 0.5) is 4.79 Å². The Hall–Kier alpha value is -1.30. The van der Waals surface area contributed by atoms with Crippen LogP contribution in [0.2, 0.25) is 0 Å². The molecule has 0 unspecified atom stereocenters. The Morgan fingerprint density at radius 3 is 2.52 bits per heavy atom. The number of nitrogens with zero attached hydrogens (tertiary/aromatic N) is 1. The van der Waals surface area contributed by atoms with Crippen LogP contribution >= 0.6 is 0 Å². The van der Waals surface area contributed by atoms with Crippen molar-refractivity contribution in [3.63, 3.8) is 0 Å². The molecule has 2 fully saturated rings. The van der Waals surface area contributed by atoms with E-state index < -0.39 is 11.4 Å². The number of hydrogen-bond acceptors (Lipinski definition) is 3. The third-order valence-electron chi connectivity index (χ3n) is 4.44. The van der Waals surface area contributed by atoms with Crippen LogP contribution in [0.1, 0.15) is 39.0 Å². The number of urea groups is 1. The van der Waals surface area contributed by atoms with Gasteiger partial charge < -0.3 is 20.1 Å². The second-order valence-electron chi connectivity index (χ2n) is 6.25. The zero-order valence-electron chi connectivity index (χ0n) is 12.8. The predicted octanol–water partition coefficient (Wildman–Crippen LogP) is 1.70. The molecule has 6 nitrogen and oxygen atoms in total. The molecule has 2 aliphatic rings. The van der Waals surface area contributed by atoms with E-state index in [0.717, 1.165) is 19.5 Å². The van der Waals surface area contributed by atoms with Gasteiger partial charge in [-0.25, -0.2) is 4.79 Å². The molecule has 2 rings (SSSR count). The number of carbonyl (C=O) groups is 2. The van der Waals surface area contributed by atoms with Crippen molar-refractivity contribution < 1.29 is 19.4 Å². The second kappa shape index (κ2) is 7.11. The van der Waals surface area contributed by atoms with E-state index in [1.165, 1.54) is 12.8 Å². The van der Waals surface area contributed by atoms with Gasteiger partial charge in [-0.1, -0.05) is 6.92 Å². The Labute approximate surface area is 125 Å². The van der Waals surface area contributed by atoms with Gasteiger partial charge in [0.15, 0.2) is 0 Å². The topological polar surface area (TPSA) is 78.9 Å². The van der Waals surface area contributed by atoms with Crippen LogP contribution in [0, 0.1) is 11.3 Å². The first-order valence-corrected chi connectivity index (χ1v) is 7.91. The number of carboxylic acid groups (broad SMARTS) is 1. The number of rotatable bonds is 7. The standard InChI is InChI=1S/C15H26N2O4/c1-2-7-17(10-12-3-4-12)14(20)16-11-15(13(18)19)5-8-21-9-6-15/h12H,2-11H2,1H3,(H,16,20)(H,18,19). The third kappa shape index (κ3) is 4.33. The molecule has 1 aliphatic heterocycles. The van der Waals surface area contributed by atoms with Gasteiger partial charge >= 0.3 is 12.0 Å². The molecule has 120 valence electrons. The van der Waals surface area contributed by atoms with Gasteiger partial charge in [-0.3, -0.25) is 4.79 Å². The van der Waals surface area contributed by atoms with Crippen molar-refractivity contribution in [1.29, 1.82) is 0 Å². The number of carbonyl (C=O) groups excluding carboxylic acids is 1. The quantitative estimate of drug-likeness (QED) is 0.750. The second-order valence-corrected chi connectivity index (χ2v) is 6.25. The summed E-state index contributed by atoms with van der Waals surface area (Å²) < 4.78 is 5.24. The zero-order valence-corrected chi connectivity index (χ0v) is 12.8. The Morgan fingerprint density at radius 2 is 2.00 bits per heavy atom. The molecular weight excluding hydrogens is 272 g/mol. The number of ether oxygens (including phenoxy) is 1. The molecule has 2 amide bonds. The Bertz CT molecular complexity index is 376. The van der Waals surface area contributed by atoms with Crippen LogP contribution in [0.25, 0.3) is 0 Å². The molecule has 0 aromatic heterocycles. The first-order valence-electron chi connectivity index (χ1n) is 7.91. The van der Waals surface area contributed by atoms with Crippen molar-refractivity contribution in [2.24, 2.45) is 11.3 Å². The molecule has 1 saturated carbocycles. The van der Waals surface area contributed by atoms with Crippen LogP contribution in [0.3, 0.4) is 0 Å². The van der Waals surface area contributed by atoms with Gasteiger partial charge in [-0.15, -0.1) is 0 Å². The molecule has 0 radical (unpaired) electrons. The molecule has 0 bridgehead atoms. The molecule has 2 N–H and O–H groups in total. The van der Waals surface area contributed by atoms with Crippen molar-refractivity contribution >= 4 is 12.0 Å². The molecule has 1 saturated heterocycles. The van der Waals surface area contributed by atoms with E-state index in [-0.39, 0.29) is 12.6 Å². The summed E-state index contributed by atoms with van der Waals surface area (Å²) in [6, 6.07) is -0.129. The molecule has 0 spiro atoms. The molecule has 1 aliphatic carbocycles. The number of aliphatic carboxylic acids is 1. The molecule has 1 heterocycles. The molecule has 0 atom stereocenters. The summed E-state index contributed by atoms with van der Waals surface area (Å²) in [5.74, 6) is -0.200. The van der Waals surface area contributed by atoms with Crippen LogP contribution < -0.4 is 5.32 Å². The summed E-state index contributed by atoms with van der Waals surface area (Å²) in [7, 11) is 0. The fraction of sp³-hybridized carbons (Fsp3) is 0.867. The van der Waals surface area contributed by atoms with Gasteiger partial charge in [0.05, 0.1) is 5.41 Å². The summed E-state index contributed by atoms with van der Waals surface area (Å²) in [5, 5.41) is 12.3. The zero-order chi connectivity index (χ0) is 15.3. The van der Waals surface area contributed by atoms with Crippen LogP contribution in [0.5, 0.6) is 0 Å². The lowest BCUT2D eigenvalue weighted by Gasteiger charge is -2.34. The highest BCUT2D eigenvalue weighted by molar-refractivity contribution is 5.78. The van der Waals surface area contributed by atoms with E-state index in [0.29, 0.717) is 32.0 Å². The minimum absolute atomic E-state index is 0.129. The molecular formula is C15H26N2O4. The average molecular weight is 298 g/mol. The summed E-state index contributed by atoms with van der Waals surface area (Å²) in [6.07, 6.45) is 4.23. The average Bonchev–Trinajstić information content (AvgIpc) is 3.29. The predicted molar refractivity (Wildman–Crippen MR) is 78.1 cm³/mol. The van der Waals surface area contributed by atoms with E-state index in [1.807, 2.05) is 11.8 Å². The smallest absolute Gasteiger partial charge is 0.317 e. The number of amides is 2. The maximum atomic E-state index is 12.3. The lowest BCUT2D eigenvalue weighted by Crippen LogP contribution is -2.50. The molecule has 6 heteroatoms. The highest BCUT2D eigenvalue weighted by Gasteiger charge is 2.40. The van der Waals surface area contributed by atoms with Crippen molar-refractivity contribution in [1.82, 2.24) is 10.2 Å². The van der Waals surface area contributed by atoms with Gasteiger partial charge in [-0.05, 0) is 38.0 Å². The van der Waals surface area contributed by atoms with E-state index in [9.17, 15) is 14.7 Å². The van der Waals surface area contributed by atoms with Gasteiger partial charge in [0, 0.05) is 32.8 Å². The number of carboxylic acids is 1. The van der Waals surface area contributed by atoms with Crippen molar-refractivity contribution in [3.05, 3.63) is 0 Å². The first-order chi connectivity index (χ1) is 10.1. The lowest BCUT2D eigenvalue weighted by atomic mass is 9.80. The SMILES string of the molecule is CCCN(CC1CC1)C(=O)NCC1(C(=O)O)CCOCC1. The van der Waals surface area contributed by atoms with Crippen molar-refractivity contribution in [2.75, 3.05) is 32.8 Å². The first kappa shape index (κ1) is 16.1. The minimum atomic E-state index is -0.870. The fourth-order valence-corrected chi connectivity index (χ4v) is 2.74. The van der Waals surface area contributed by atoms with E-state index >= 15 is 0 Å². The monoisotopic (exact) mass is 298 g/mol. The molecule has 0 aromatic carbocycles. The van der Waals surface area contributed by atoms with Crippen LogP contribution in [0.15, 0.2) is 0 Å². The normalized spacial score (nSPS) is 20.8. The van der Waals surface area contributed by atoms with Gasteiger partial charge in [0.25, 0.3) is 0 Å². The number of hydrogen-bond donors (Lipinski definition) is 2. The Kier molecular flexibility index (Phi) is 5.45. The summed E-state index contributed by atoms with van der Waals surface area (Å²) in [6.45, 7) is 4.65. The molecule has 0 aromatic rings. The number of nitrogens with one attached hydrogen (secondary N) is 1. The highest BCUT2D eigenvalue weighted by Crippen LogP contribution is 2.31. The largest absolute Gasteiger partial charge is 0.481 e. The van der Waals surface area contributed by atoms with Crippen molar-refractivity contribution in [3.8, 4) is 0 Å². The summed E-state index contributed by atoms with van der Waals surface area (Å²) in [5.41, 5.74) is -0.870. The van der Waals surface area contributed by atoms with Crippen molar-refractivity contribution in [2.45, 2.75) is 39.0 Å². The molecule has 21 heavy (non-hydrogen) atoms.